The van der Waals surface area contributed by atoms with Gasteiger partial charge in [-0.25, -0.2) is 4.57 Å². The molecule has 0 atom stereocenters. The molecule has 31 heavy (non-hydrogen) atoms. The minimum absolute atomic E-state index is 0.156. The molecular formula is C21H23N3O7. The van der Waals surface area contributed by atoms with E-state index in [1.807, 2.05) is 5.32 Å². The van der Waals surface area contributed by atoms with E-state index in [4.69, 9.17) is 5.11 Å². The first-order valence-corrected chi connectivity index (χ1v) is 9.88. The zero-order valence-corrected chi connectivity index (χ0v) is 16.6. The first kappa shape index (κ1) is 21.9. The summed E-state index contributed by atoms with van der Waals surface area (Å²) in [5.74, 6) is -5.20. The van der Waals surface area contributed by atoms with Gasteiger partial charge in [0.2, 0.25) is 5.88 Å². The van der Waals surface area contributed by atoms with Gasteiger partial charge in [0.25, 0.3) is 17.4 Å². The molecule has 1 aliphatic carbocycles. The van der Waals surface area contributed by atoms with Gasteiger partial charge in [-0.3, -0.25) is 19.2 Å². The van der Waals surface area contributed by atoms with Gasteiger partial charge >= 0.3 is 5.97 Å². The Morgan fingerprint density at radius 1 is 0.968 bits per heavy atom. The normalized spacial score (nSPS) is 14.1. The molecule has 3 rings (SSSR count). The van der Waals surface area contributed by atoms with Crippen LogP contribution in [0, 0.1) is 0 Å². The van der Waals surface area contributed by atoms with Gasteiger partial charge in [-0.1, -0.05) is 37.5 Å². The van der Waals surface area contributed by atoms with Gasteiger partial charge in [0.05, 0.1) is 5.69 Å². The van der Waals surface area contributed by atoms with Crippen LogP contribution in [0.2, 0.25) is 0 Å². The van der Waals surface area contributed by atoms with Crippen molar-refractivity contribution in [2.75, 3.05) is 6.54 Å². The summed E-state index contributed by atoms with van der Waals surface area (Å²) >= 11 is 0. The van der Waals surface area contributed by atoms with Crippen molar-refractivity contribution in [2.24, 2.45) is 0 Å². The van der Waals surface area contributed by atoms with Crippen molar-refractivity contribution in [1.82, 2.24) is 15.2 Å². The summed E-state index contributed by atoms with van der Waals surface area (Å²) in [7, 11) is 0. The summed E-state index contributed by atoms with van der Waals surface area (Å²) < 4.78 is 0.727. The van der Waals surface area contributed by atoms with Crippen LogP contribution in [0.4, 0.5) is 0 Å². The number of aliphatic carboxylic acids is 1. The number of aromatic hydroxyl groups is 2. The average molecular weight is 429 g/mol. The van der Waals surface area contributed by atoms with Crippen LogP contribution in [-0.2, 0) is 4.79 Å². The van der Waals surface area contributed by atoms with E-state index in [0.29, 0.717) is 0 Å². The molecule has 2 amide bonds. The summed E-state index contributed by atoms with van der Waals surface area (Å²) in [6.45, 7) is -0.798. The van der Waals surface area contributed by atoms with Gasteiger partial charge in [0.15, 0.2) is 5.75 Å². The monoisotopic (exact) mass is 429 g/mol. The van der Waals surface area contributed by atoms with Crippen LogP contribution in [0.5, 0.6) is 11.6 Å². The van der Waals surface area contributed by atoms with Crippen LogP contribution in [0.15, 0.2) is 35.1 Å². The Morgan fingerprint density at radius 2 is 1.61 bits per heavy atom. The first-order chi connectivity index (χ1) is 14.8. The molecule has 10 nitrogen and oxygen atoms in total. The number of pyridine rings is 1. The molecule has 1 aromatic heterocycles. The topological polar surface area (TPSA) is 158 Å². The Hall–Kier alpha value is -3.82. The van der Waals surface area contributed by atoms with Crippen LogP contribution >= 0.6 is 0 Å². The number of hydrogen-bond acceptors (Lipinski definition) is 6. The number of amides is 2. The van der Waals surface area contributed by atoms with Gasteiger partial charge in [-0.15, -0.1) is 0 Å². The molecule has 0 spiro atoms. The molecule has 0 saturated heterocycles. The fraction of sp³-hybridized carbons (Fsp3) is 0.333. The zero-order chi connectivity index (χ0) is 22.5. The Balaban J connectivity index is 2.13. The molecule has 5 N–H and O–H groups in total. The second-order valence-electron chi connectivity index (χ2n) is 7.28. The number of carboxylic acids is 1. The predicted molar refractivity (Wildman–Crippen MR) is 110 cm³/mol. The predicted octanol–water partition coefficient (Wildman–Crippen LogP) is 1.13. The number of carbonyl (C=O) groups excluding carboxylic acids is 2. The molecule has 1 saturated carbocycles. The number of hydrogen-bond donors (Lipinski definition) is 5. The molecule has 1 aromatic carbocycles. The van der Waals surface area contributed by atoms with Gasteiger partial charge in [-0.2, -0.15) is 0 Å². The lowest BCUT2D eigenvalue weighted by molar-refractivity contribution is -0.135. The van der Waals surface area contributed by atoms with E-state index in [0.717, 1.165) is 36.7 Å². The van der Waals surface area contributed by atoms with Gasteiger partial charge in [-0.05, 0) is 25.0 Å². The number of carboxylic acid groups (broad SMARTS) is 1. The third kappa shape index (κ3) is 4.68. The molecule has 0 bridgehead atoms. The summed E-state index contributed by atoms with van der Waals surface area (Å²) in [4.78, 5) is 49.2. The zero-order valence-electron chi connectivity index (χ0n) is 16.6. The van der Waals surface area contributed by atoms with Crippen LogP contribution in [-0.4, -0.2) is 50.3 Å². The van der Waals surface area contributed by atoms with E-state index in [-0.39, 0.29) is 11.7 Å². The van der Waals surface area contributed by atoms with Gasteiger partial charge in [0.1, 0.15) is 17.7 Å². The van der Waals surface area contributed by atoms with E-state index in [1.54, 1.807) is 18.2 Å². The minimum atomic E-state index is -1.36. The van der Waals surface area contributed by atoms with Crippen LogP contribution in [0.3, 0.4) is 0 Å². The SMILES string of the molecule is O=C(O)CNC(=O)c1c(O)c(C(=O)NC2CCCCC2)c(O)n(-c2ccccc2)c1=O. The van der Waals surface area contributed by atoms with Crippen molar-refractivity contribution in [1.29, 1.82) is 0 Å². The maximum absolute atomic E-state index is 13.0. The number of nitrogens with one attached hydrogen (secondary N) is 2. The molecular weight excluding hydrogens is 406 g/mol. The van der Waals surface area contributed by atoms with Crippen LogP contribution < -0.4 is 16.2 Å². The summed E-state index contributed by atoms with van der Waals surface area (Å²) in [5, 5.41) is 34.9. The molecule has 0 radical (unpaired) electrons. The summed E-state index contributed by atoms with van der Waals surface area (Å²) in [5.41, 5.74) is -2.41. The van der Waals surface area contributed by atoms with E-state index >= 15 is 0 Å². The third-order valence-electron chi connectivity index (χ3n) is 5.14. The second kappa shape index (κ2) is 9.33. The lowest BCUT2D eigenvalue weighted by Gasteiger charge is -2.24. The number of aromatic nitrogens is 1. The Kier molecular flexibility index (Phi) is 6.58. The third-order valence-corrected chi connectivity index (χ3v) is 5.14. The number of carbonyl (C=O) groups is 3. The first-order valence-electron chi connectivity index (χ1n) is 9.88. The number of nitrogens with zero attached hydrogens (tertiary/aromatic N) is 1. The van der Waals surface area contributed by atoms with Crippen LogP contribution in [0.1, 0.15) is 52.8 Å². The smallest absolute Gasteiger partial charge is 0.322 e. The van der Waals surface area contributed by atoms with Crippen molar-refractivity contribution in [2.45, 2.75) is 38.1 Å². The van der Waals surface area contributed by atoms with Gasteiger partial charge in [0, 0.05) is 6.04 Å². The van der Waals surface area contributed by atoms with E-state index in [9.17, 15) is 29.4 Å². The highest BCUT2D eigenvalue weighted by atomic mass is 16.4. The number of benzene rings is 1. The van der Waals surface area contributed by atoms with E-state index in [1.165, 1.54) is 12.1 Å². The molecule has 2 aromatic rings. The highest BCUT2D eigenvalue weighted by molar-refractivity contribution is 6.05. The molecule has 1 aliphatic rings. The summed E-state index contributed by atoms with van der Waals surface area (Å²) in [6.07, 6.45) is 4.37. The average Bonchev–Trinajstić information content (AvgIpc) is 2.73. The molecule has 10 heteroatoms. The van der Waals surface area contributed by atoms with Gasteiger partial charge < -0.3 is 26.0 Å². The molecule has 164 valence electrons. The van der Waals surface area contributed by atoms with Crippen LogP contribution in [0.25, 0.3) is 5.69 Å². The Morgan fingerprint density at radius 3 is 2.23 bits per heavy atom. The highest BCUT2D eigenvalue weighted by Gasteiger charge is 2.31. The highest BCUT2D eigenvalue weighted by Crippen LogP contribution is 2.31. The maximum atomic E-state index is 13.0. The van der Waals surface area contributed by atoms with Crippen molar-refractivity contribution < 1.29 is 29.7 Å². The lowest BCUT2D eigenvalue weighted by Crippen LogP contribution is -2.39. The fourth-order valence-electron chi connectivity index (χ4n) is 3.63. The van der Waals surface area contributed by atoms with Crippen molar-refractivity contribution in [3.8, 4) is 17.3 Å². The van der Waals surface area contributed by atoms with Crippen molar-refractivity contribution >= 4 is 17.8 Å². The number of para-hydroxylation sites is 1. The fourth-order valence-corrected chi connectivity index (χ4v) is 3.63. The molecule has 1 fully saturated rings. The maximum Gasteiger partial charge on any atom is 0.322 e. The lowest BCUT2D eigenvalue weighted by atomic mass is 9.95. The largest absolute Gasteiger partial charge is 0.506 e. The Bertz CT molecular complexity index is 1060. The Labute approximate surface area is 177 Å². The quantitative estimate of drug-likeness (QED) is 0.460. The number of rotatable bonds is 6. The molecule has 1 heterocycles. The minimum Gasteiger partial charge on any atom is -0.506 e. The molecule has 0 unspecified atom stereocenters. The van der Waals surface area contributed by atoms with Crippen molar-refractivity contribution in [3.63, 3.8) is 0 Å². The standard InChI is InChI=1S/C21H23N3O7/c25-14(26)11-22-18(28)15-17(27)16(19(29)23-12-7-3-1-4-8-12)21(31)24(20(15)30)13-9-5-2-6-10-13/h2,5-6,9-10,12,27,31H,1,3-4,7-8,11H2,(H,22,28)(H,23,29)(H,25,26). The van der Waals surface area contributed by atoms with E-state index in [2.05, 4.69) is 5.32 Å². The summed E-state index contributed by atoms with van der Waals surface area (Å²) in [6, 6.07) is 7.62. The second-order valence-corrected chi connectivity index (χ2v) is 7.28. The van der Waals surface area contributed by atoms with E-state index < -0.39 is 52.6 Å². The van der Waals surface area contributed by atoms with Crippen molar-refractivity contribution in [3.05, 3.63) is 51.8 Å². The molecule has 0 aliphatic heterocycles.